The van der Waals surface area contributed by atoms with Crippen LogP contribution in [0.4, 0.5) is 0 Å². The van der Waals surface area contributed by atoms with Crippen molar-refractivity contribution in [2.75, 3.05) is 6.54 Å². The van der Waals surface area contributed by atoms with Gasteiger partial charge < -0.3 is 0 Å². The molecular formula is C27H27N7. The van der Waals surface area contributed by atoms with Crippen molar-refractivity contribution >= 4 is 11.8 Å². The highest BCUT2D eigenvalue weighted by molar-refractivity contribution is 6.11. The SMILES string of the molecule is CCn1ccc(Cc2ncc3c(n2)-c2c(nn(C)c2Cc2cccc(C4=CCN=C4)c2)CC3)n1. The first-order valence-corrected chi connectivity index (χ1v) is 11.9. The molecule has 7 nitrogen and oxygen atoms in total. The summed E-state index contributed by atoms with van der Waals surface area (Å²) in [4.78, 5) is 14.0. The van der Waals surface area contributed by atoms with Crippen LogP contribution >= 0.6 is 0 Å². The number of aryl methyl sites for hydroxylation is 4. The zero-order valence-corrected chi connectivity index (χ0v) is 19.6. The molecule has 1 aliphatic carbocycles. The number of allylic oxidation sites excluding steroid dienone is 1. The third kappa shape index (κ3) is 3.77. The van der Waals surface area contributed by atoms with Gasteiger partial charge in [0.2, 0.25) is 0 Å². The Morgan fingerprint density at radius 1 is 1.06 bits per heavy atom. The second-order valence-electron chi connectivity index (χ2n) is 8.92. The van der Waals surface area contributed by atoms with Gasteiger partial charge >= 0.3 is 0 Å². The Morgan fingerprint density at radius 3 is 2.82 bits per heavy atom. The normalized spacial score (nSPS) is 14.2. The van der Waals surface area contributed by atoms with Gasteiger partial charge in [-0.1, -0.05) is 30.3 Å². The lowest BCUT2D eigenvalue weighted by molar-refractivity contribution is 0.648. The van der Waals surface area contributed by atoms with Crippen LogP contribution in [0.1, 0.15) is 46.5 Å². The average Bonchev–Trinajstić information content (AvgIpc) is 3.60. The molecular weight excluding hydrogens is 422 g/mol. The molecule has 0 amide bonds. The van der Waals surface area contributed by atoms with E-state index in [0.29, 0.717) is 6.42 Å². The molecule has 1 aliphatic heterocycles. The Morgan fingerprint density at radius 2 is 2.00 bits per heavy atom. The van der Waals surface area contributed by atoms with Crippen molar-refractivity contribution in [3.8, 4) is 11.3 Å². The van der Waals surface area contributed by atoms with Crippen LogP contribution in [-0.2, 0) is 39.3 Å². The van der Waals surface area contributed by atoms with E-state index in [-0.39, 0.29) is 0 Å². The molecule has 7 heteroatoms. The first-order chi connectivity index (χ1) is 16.7. The van der Waals surface area contributed by atoms with Crippen molar-refractivity contribution in [3.05, 3.63) is 88.4 Å². The molecule has 0 bridgehead atoms. The lowest BCUT2D eigenvalue weighted by Gasteiger charge is -2.16. The molecule has 170 valence electrons. The van der Waals surface area contributed by atoms with Gasteiger partial charge in [-0.25, -0.2) is 9.97 Å². The van der Waals surface area contributed by atoms with E-state index in [4.69, 9.17) is 10.1 Å². The minimum absolute atomic E-state index is 0.629. The lowest BCUT2D eigenvalue weighted by Crippen LogP contribution is -2.10. The monoisotopic (exact) mass is 449 g/mol. The van der Waals surface area contributed by atoms with Gasteiger partial charge in [-0.05, 0) is 48.1 Å². The maximum Gasteiger partial charge on any atom is 0.134 e. The summed E-state index contributed by atoms with van der Waals surface area (Å²) in [6.07, 6.45) is 11.4. The van der Waals surface area contributed by atoms with Crippen LogP contribution in [0, 0.1) is 0 Å². The van der Waals surface area contributed by atoms with Gasteiger partial charge in [0.25, 0.3) is 0 Å². The topological polar surface area (TPSA) is 73.8 Å². The Kier molecular flexibility index (Phi) is 5.17. The van der Waals surface area contributed by atoms with Crippen molar-refractivity contribution in [3.63, 3.8) is 0 Å². The molecule has 0 N–H and O–H groups in total. The third-order valence-corrected chi connectivity index (χ3v) is 6.66. The summed E-state index contributed by atoms with van der Waals surface area (Å²) in [5.41, 5.74) is 10.4. The fourth-order valence-electron chi connectivity index (χ4n) is 4.89. The first-order valence-electron chi connectivity index (χ1n) is 11.9. The second kappa shape index (κ2) is 8.48. The molecule has 2 aliphatic rings. The first kappa shape index (κ1) is 20.7. The van der Waals surface area contributed by atoms with Gasteiger partial charge in [0, 0.05) is 44.2 Å². The number of hydrogen-bond donors (Lipinski definition) is 0. The Balaban J connectivity index is 1.35. The van der Waals surface area contributed by atoms with Gasteiger partial charge in [-0.2, -0.15) is 10.2 Å². The highest BCUT2D eigenvalue weighted by Crippen LogP contribution is 2.35. The standard InChI is InChI=1S/C27H27N7/c1-3-34-12-10-22(31-34)15-25-29-17-21-7-8-23-26(27(21)30-25)24(33(2)32-23)14-18-5-4-6-19(13-18)20-9-11-28-16-20/h4-6,9-10,12-13,16-17H,3,7-8,11,14-15H2,1-2H3. The third-order valence-electron chi connectivity index (χ3n) is 6.66. The molecule has 0 atom stereocenters. The van der Waals surface area contributed by atoms with Crippen LogP contribution in [0.25, 0.3) is 16.8 Å². The molecule has 1 aromatic carbocycles. The van der Waals surface area contributed by atoms with Gasteiger partial charge in [0.05, 0.1) is 35.7 Å². The molecule has 0 unspecified atom stereocenters. The molecule has 0 radical (unpaired) electrons. The number of nitrogens with zero attached hydrogens (tertiary/aromatic N) is 7. The van der Waals surface area contributed by atoms with Crippen LogP contribution in [0.3, 0.4) is 0 Å². The van der Waals surface area contributed by atoms with Crippen molar-refractivity contribution < 1.29 is 0 Å². The van der Waals surface area contributed by atoms with E-state index in [1.54, 1.807) is 0 Å². The van der Waals surface area contributed by atoms with Crippen LogP contribution in [0.5, 0.6) is 0 Å². The van der Waals surface area contributed by atoms with E-state index in [0.717, 1.165) is 55.3 Å². The van der Waals surface area contributed by atoms with Gasteiger partial charge in [-0.3, -0.25) is 14.4 Å². The predicted octanol–water partition coefficient (Wildman–Crippen LogP) is 3.84. The number of hydrogen-bond acceptors (Lipinski definition) is 5. The highest BCUT2D eigenvalue weighted by atomic mass is 15.3. The number of aliphatic imine (C=N–C) groups is 1. The number of rotatable bonds is 6. The Hall–Kier alpha value is -3.87. The quantitative estimate of drug-likeness (QED) is 0.448. The molecule has 4 aromatic rings. The fraction of sp³-hybridized carbons (Fsp3) is 0.296. The number of aromatic nitrogens is 6. The number of fused-ring (bicyclic) bond motifs is 3. The van der Waals surface area contributed by atoms with E-state index in [9.17, 15) is 0 Å². The second-order valence-corrected chi connectivity index (χ2v) is 8.92. The molecule has 4 heterocycles. The van der Waals surface area contributed by atoms with Crippen molar-refractivity contribution in [2.24, 2.45) is 12.0 Å². The molecule has 6 rings (SSSR count). The largest absolute Gasteiger partial charge is 0.288 e. The van der Waals surface area contributed by atoms with E-state index in [1.165, 1.54) is 33.5 Å². The zero-order valence-electron chi connectivity index (χ0n) is 19.6. The molecule has 0 fully saturated rings. The van der Waals surface area contributed by atoms with E-state index in [2.05, 4.69) is 52.3 Å². The van der Waals surface area contributed by atoms with Crippen molar-refractivity contribution in [1.82, 2.24) is 29.5 Å². The predicted molar refractivity (Wildman–Crippen MR) is 133 cm³/mol. The van der Waals surface area contributed by atoms with Crippen LogP contribution in [0.15, 0.2) is 53.8 Å². The van der Waals surface area contributed by atoms with Crippen LogP contribution in [0.2, 0.25) is 0 Å². The zero-order chi connectivity index (χ0) is 23.1. The highest BCUT2D eigenvalue weighted by Gasteiger charge is 2.26. The molecule has 34 heavy (non-hydrogen) atoms. The van der Waals surface area contributed by atoms with Crippen molar-refractivity contribution in [2.45, 2.75) is 39.2 Å². The lowest BCUT2D eigenvalue weighted by atomic mass is 9.91. The Bertz CT molecular complexity index is 1440. The summed E-state index contributed by atoms with van der Waals surface area (Å²) in [6.45, 7) is 3.72. The summed E-state index contributed by atoms with van der Waals surface area (Å²) in [5.74, 6) is 0.803. The maximum absolute atomic E-state index is 5.04. The smallest absolute Gasteiger partial charge is 0.134 e. The molecule has 0 saturated heterocycles. The van der Waals surface area contributed by atoms with Gasteiger partial charge in [0.15, 0.2) is 0 Å². The summed E-state index contributed by atoms with van der Waals surface area (Å²) < 4.78 is 3.97. The maximum atomic E-state index is 5.04. The fourth-order valence-corrected chi connectivity index (χ4v) is 4.89. The Labute approximate surface area is 198 Å². The van der Waals surface area contributed by atoms with Gasteiger partial charge in [-0.15, -0.1) is 0 Å². The van der Waals surface area contributed by atoms with E-state index >= 15 is 0 Å². The molecule has 0 saturated carbocycles. The number of benzene rings is 1. The minimum Gasteiger partial charge on any atom is -0.288 e. The summed E-state index contributed by atoms with van der Waals surface area (Å²) in [5, 5.41) is 9.49. The van der Waals surface area contributed by atoms with Crippen molar-refractivity contribution in [1.29, 1.82) is 0 Å². The van der Waals surface area contributed by atoms with Crippen LogP contribution < -0.4 is 0 Å². The summed E-state index contributed by atoms with van der Waals surface area (Å²) in [6, 6.07) is 10.8. The van der Waals surface area contributed by atoms with E-state index in [1.807, 2.05) is 41.1 Å². The summed E-state index contributed by atoms with van der Waals surface area (Å²) >= 11 is 0. The summed E-state index contributed by atoms with van der Waals surface area (Å²) in [7, 11) is 2.04. The van der Waals surface area contributed by atoms with Gasteiger partial charge in [0.1, 0.15) is 5.82 Å². The molecule has 3 aromatic heterocycles. The van der Waals surface area contributed by atoms with Crippen LogP contribution in [-0.4, -0.2) is 42.3 Å². The van der Waals surface area contributed by atoms with E-state index < -0.39 is 0 Å². The molecule has 0 spiro atoms. The average molecular weight is 450 g/mol. The minimum atomic E-state index is 0.629.